The van der Waals surface area contributed by atoms with Crippen molar-refractivity contribution in [3.63, 3.8) is 0 Å². The summed E-state index contributed by atoms with van der Waals surface area (Å²) in [6.07, 6.45) is 48.1. The van der Waals surface area contributed by atoms with Gasteiger partial charge in [0.2, 0.25) is 5.91 Å². The Balaban J connectivity index is 4.56. The van der Waals surface area contributed by atoms with E-state index in [1.807, 2.05) is 0 Å². The number of esters is 1. The monoisotopic (exact) mass is 776 g/mol. The molecule has 0 aliphatic rings. The summed E-state index contributed by atoms with van der Waals surface area (Å²) < 4.78 is 5.91. The molecule has 3 atom stereocenters. The Morgan fingerprint density at radius 2 is 0.982 bits per heavy atom. The van der Waals surface area contributed by atoms with Crippen LogP contribution in [0.15, 0.2) is 24.3 Å². The molecule has 0 aliphatic heterocycles. The zero-order chi connectivity index (χ0) is 40.3. The van der Waals surface area contributed by atoms with Crippen LogP contribution in [0, 0.1) is 0 Å². The average molecular weight is 776 g/mol. The lowest BCUT2D eigenvalue weighted by Gasteiger charge is -2.24. The van der Waals surface area contributed by atoms with Gasteiger partial charge in [-0.1, -0.05) is 212 Å². The first-order valence-electron chi connectivity index (χ1n) is 24.1. The fourth-order valence-corrected chi connectivity index (χ4v) is 7.41. The molecule has 0 aromatic heterocycles. The van der Waals surface area contributed by atoms with E-state index < -0.39 is 18.2 Å². The van der Waals surface area contributed by atoms with E-state index in [1.54, 1.807) is 0 Å². The Morgan fingerprint density at radius 3 is 1.47 bits per heavy atom. The predicted octanol–water partition coefficient (Wildman–Crippen LogP) is 14.0. The Labute approximate surface area is 341 Å². The number of carbonyl (C=O) groups excluding carboxylic acids is 2. The summed E-state index contributed by atoms with van der Waals surface area (Å²) in [5.41, 5.74) is 0. The Bertz CT molecular complexity index is 873. The van der Waals surface area contributed by atoms with Gasteiger partial charge in [-0.25, -0.2) is 0 Å². The Hall–Kier alpha value is -1.66. The van der Waals surface area contributed by atoms with Crippen molar-refractivity contribution in [3.05, 3.63) is 24.3 Å². The largest absolute Gasteiger partial charge is 0.462 e. The molecule has 6 nitrogen and oxygen atoms in total. The van der Waals surface area contributed by atoms with E-state index in [4.69, 9.17) is 4.74 Å². The lowest BCUT2D eigenvalue weighted by Crippen LogP contribution is -2.46. The van der Waals surface area contributed by atoms with Crippen LogP contribution < -0.4 is 5.32 Å². The van der Waals surface area contributed by atoms with Gasteiger partial charge in [-0.2, -0.15) is 0 Å². The zero-order valence-electron chi connectivity index (χ0n) is 36.8. The molecule has 3 N–H and O–H groups in total. The van der Waals surface area contributed by atoms with Crippen molar-refractivity contribution >= 4 is 11.9 Å². The molecule has 55 heavy (non-hydrogen) atoms. The van der Waals surface area contributed by atoms with E-state index in [0.29, 0.717) is 19.3 Å². The third-order valence-corrected chi connectivity index (χ3v) is 11.0. The molecule has 0 aliphatic carbocycles. The summed E-state index contributed by atoms with van der Waals surface area (Å²) in [6, 6.07) is -0.699. The normalized spacial score (nSPS) is 13.5. The van der Waals surface area contributed by atoms with Crippen LogP contribution in [0.4, 0.5) is 0 Å². The molecule has 6 heteroatoms. The average Bonchev–Trinajstić information content (AvgIpc) is 3.18. The van der Waals surface area contributed by atoms with Crippen molar-refractivity contribution in [2.24, 2.45) is 0 Å². The molecule has 0 bridgehead atoms. The van der Waals surface area contributed by atoms with E-state index in [0.717, 1.165) is 77.0 Å². The zero-order valence-corrected chi connectivity index (χ0v) is 36.8. The number of aliphatic hydroxyl groups excluding tert-OH is 2. The van der Waals surface area contributed by atoms with Crippen molar-refractivity contribution in [3.8, 4) is 0 Å². The molecular formula is C49H93NO5. The predicted molar refractivity (Wildman–Crippen MR) is 236 cm³/mol. The van der Waals surface area contributed by atoms with E-state index in [1.165, 1.54) is 128 Å². The number of amides is 1. The molecule has 0 fully saturated rings. The smallest absolute Gasteiger partial charge is 0.306 e. The highest BCUT2D eigenvalue weighted by atomic mass is 16.5. The van der Waals surface area contributed by atoms with E-state index in [-0.39, 0.29) is 24.9 Å². The fraction of sp³-hybridized carbons (Fsp3) is 0.878. The molecule has 1 amide bonds. The minimum Gasteiger partial charge on any atom is -0.462 e. The molecule has 0 rings (SSSR count). The minimum atomic E-state index is -0.785. The lowest BCUT2D eigenvalue weighted by atomic mass is 10.0. The number of ether oxygens (including phenoxy) is 1. The highest BCUT2D eigenvalue weighted by Gasteiger charge is 2.24. The van der Waals surface area contributed by atoms with Gasteiger partial charge in [0.1, 0.15) is 6.10 Å². The molecule has 0 heterocycles. The first-order valence-corrected chi connectivity index (χ1v) is 24.1. The summed E-state index contributed by atoms with van der Waals surface area (Å²) in [7, 11) is 0. The van der Waals surface area contributed by atoms with E-state index >= 15 is 0 Å². The maximum atomic E-state index is 13.1. The number of rotatable bonds is 43. The van der Waals surface area contributed by atoms with Gasteiger partial charge in [-0.15, -0.1) is 0 Å². The van der Waals surface area contributed by atoms with Crippen molar-refractivity contribution in [2.45, 2.75) is 270 Å². The maximum Gasteiger partial charge on any atom is 0.306 e. The molecular weight excluding hydrogens is 683 g/mol. The number of aliphatic hydroxyl groups is 2. The molecule has 0 aromatic rings. The molecule has 0 aromatic carbocycles. The quantitative estimate of drug-likeness (QED) is 0.0326. The number of allylic oxidation sites excluding steroid dienone is 4. The summed E-state index contributed by atoms with van der Waals surface area (Å²) >= 11 is 0. The van der Waals surface area contributed by atoms with Crippen LogP contribution in [0.1, 0.15) is 252 Å². The number of hydrogen-bond acceptors (Lipinski definition) is 5. The summed E-state index contributed by atoms with van der Waals surface area (Å²) in [6.45, 7) is 6.36. The van der Waals surface area contributed by atoms with Crippen LogP contribution in [0.5, 0.6) is 0 Å². The number of carbonyl (C=O) groups is 2. The van der Waals surface area contributed by atoms with Crippen molar-refractivity contribution in [2.75, 3.05) is 6.61 Å². The molecule has 0 saturated heterocycles. The van der Waals surface area contributed by atoms with Crippen LogP contribution in [-0.2, 0) is 14.3 Å². The van der Waals surface area contributed by atoms with Crippen LogP contribution in [0.2, 0.25) is 0 Å². The van der Waals surface area contributed by atoms with E-state index in [2.05, 4.69) is 50.4 Å². The SMILES string of the molecule is CC/C=C/C/C=C/CCCCCCCC(CC(=O)NC(CO)C(O)CCCCCCCCCCCC)OC(=O)CCCCCCCCCCCCCCCC. The van der Waals surface area contributed by atoms with Gasteiger partial charge in [0.15, 0.2) is 0 Å². The molecule has 3 unspecified atom stereocenters. The van der Waals surface area contributed by atoms with Gasteiger partial charge in [0.25, 0.3) is 0 Å². The van der Waals surface area contributed by atoms with Crippen LogP contribution in [-0.4, -0.2) is 46.9 Å². The molecule has 0 spiro atoms. The lowest BCUT2D eigenvalue weighted by molar-refractivity contribution is -0.151. The van der Waals surface area contributed by atoms with Crippen molar-refractivity contribution in [1.82, 2.24) is 5.32 Å². The topological polar surface area (TPSA) is 95.9 Å². The summed E-state index contributed by atoms with van der Waals surface area (Å²) in [5, 5.41) is 23.6. The third-order valence-electron chi connectivity index (χ3n) is 11.0. The van der Waals surface area contributed by atoms with Gasteiger partial charge in [0.05, 0.1) is 25.2 Å². The summed E-state index contributed by atoms with van der Waals surface area (Å²) in [4.78, 5) is 26.0. The third kappa shape index (κ3) is 39.0. The Morgan fingerprint density at radius 1 is 0.545 bits per heavy atom. The van der Waals surface area contributed by atoms with Gasteiger partial charge in [-0.3, -0.25) is 9.59 Å². The highest BCUT2D eigenvalue weighted by molar-refractivity contribution is 5.77. The molecule has 0 radical (unpaired) electrons. The second-order valence-electron chi connectivity index (χ2n) is 16.5. The van der Waals surface area contributed by atoms with Gasteiger partial charge in [-0.05, 0) is 51.4 Å². The van der Waals surface area contributed by atoms with Gasteiger partial charge >= 0.3 is 5.97 Å². The second-order valence-corrected chi connectivity index (χ2v) is 16.5. The summed E-state index contributed by atoms with van der Waals surface area (Å²) in [5.74, 6) is -0.479. The number of nitrogens with one attached hydrogen (secondary N) is 1. The second kappa shape index (κ2) is 43.5. The van der Waals surface area contributed by atoms with E-state index in [9.17, 15) is 19.8 Å². The van der Waals surface area contributed by atoms with Crippen LogP contribution in [0.25, 0.3) is 0 Å². The first-order chi connectivity index (χ1) is 27.0. The maximum absolute atomic E-state index is 13.1. The van der Waals surface area contributed by atoms with Gasteiger partial charge in [0, 0.05) is 6.42 Å². The first kappa shape index (κ1) is 53.3. The van der Waals surface area contributed by atoms with Gasteiger partial charge < -0.3 is 20.3 Å². The van der Waals surface area contributed by atoms with Crippen molar-refractivity contribution < 1.29 is 24.5 Å². The standard InChI is InChI=1S/C49H93NO5/c1-4-7-10-13-16-19-22-24-25-27-30-33-36-39-42-49(54)55-45(40-37-34-31-28-26-23-20-17-14-11-8-5-2)43-48(53)50-46(44-51)47(52)41-38-35-32-29-21-18-15-12-9-6-3/h8,11,17,20,45-47,51-52H,4-7,9-10,12-16,18-19,21-44H2,1-3H3,(H,50,53)/b11-8+,20-17+. The molecule has 0 saturated carbocycles. The fourth-order valence-electron chi connectivity index (χ4n) is 7.41. The van der Waals surface area contributed by atoms with Crippen molar-refractivity contribution in [1.29, 1.82) is 0 Å². The minimum absolute atomic E-state index is 0.0726. The molecule has 324 valence electrons. The number of unbranched alkanes of at least 4 members (excludes halogenated alkanes) is 27. The van der Waals surface area contributed by atoms with Crippen LogP contribution >= 0.6 is 0 Å². The number of hydrogen-bond donors (Lipinski definition) is 3. The highest BCUT2D eigenvalue weighted by Crippen LogP contribution is 2.18. The van der Waals surface area contributed by atoms with Crippen LogP contribution in [0.3, 0.4) is 0 Å². The Kier molecular flexibility index (Phi) is 42.2.